The molecular formula is C20H28N4OS. The summed E-state index contributed by atoms with van der Waals surface area (Å²) in [5.41, 5.74) is 2.59. The molecule has 1 heterocycles. The van der Waals surface area contributed by atoms with Crippen LogP contribution in [0.15, 0.2) is 46.8 Å². The monoisotopic (exact) mass is 372 g/mol. The van der Waals surface area contributed by atoms with Crippen molar-refractivity contribution in [2.75, 3.05) is 26.7 Å². The zero-order valence-electron chi connectivity index (χ0n) is 15.7. The Morgan fingerprint density at radius 1 is 1.12 bits per heavy atom. The number of rotatable bonds is 8. The molecule has 0 spiro atoms. The van der Waals surface area contributed by atoms with E-state index in [2.05, 4.69) is 59.1 Å². The van der Waals surface area contributed by atoms with E-state index < -0.39 is 0 Å². The van der Waals surface area contributed by atoms with Crippen molar-refractivity contribution >= 4 is 23.2 Å². The highest BCUT2D eigenvalue weighted by Gasteiger charge is 2.07. The van der Waals surface area contributed by atoms with E-state index in [9.17, 15) is 4.79 Å². The zero-order valence-corrected chi connectivity index (χ0v) is 16.5. The topological polar surface area (TPSA) is 65.5 Å². The predicted octanol–water partition coefficient (Wildman–Crippen LogP) is 3.15. The summed E-state index contributed by atoms with van der Waals surface area (Å²) in [6.45, 7) is 6.51. The fourth-order valence-corrected chi connectivity index (χ4v) is 3.12. The lowest BCUT2D eigenvalue weighted by molar-refractivity contribution is 0.0957. The van der Waals surface area contributed by atoms with Crippen LogP contribution < -0.4 is 16.0 Å². The summed E-state index contributed by atoms with van der Waals surface area (Å²) < 4.78 is 0. The van der Waals surface area contributed by atoms with Gasteiger partial charge in [0.25, 0.3) is 5.91 Å². The van der Waals surface area contributed by atoms with E-state index >= 15 is 0 Å². The van der Waals surface area contributed by atoms with Gasteiger partial charge in [-0.2, -0.15) is 0 Å². The highest BCUT2D eigenvalue weighted by Crippen LogP contribution is 2.14. The van der Waals surface area contributed by atoms with Crippen molar-refractivity contribution < 1.29 is 4.79 Å². The molecule has 3 N–H and O–H groups in total. The fourth-order valence-electron chi connectivity index (χ4n) is 2.48. The van der Waals surface area contributed by atoms with Crippen LogP contribution in [-0.2, 0) is 0 Å². The van der Waals surface area contributed by atoms with Gasteiger partial charge in [0, 0.05) is 26.7 Å². The summed E-state index contributed by atoms with van der Waals surface area (Å²) >= 11 is 1.45. The molecule has 0 saturated carbocycles. The van der Waals surface area contributed by atoms with Crippen LogP contribution in [-0.4, -0.2) is 38.5 Å². The predicted molar refractivity (Wildman–Crippen MR) is 110 cm³/mol. The fraction of sp³-hybridized carbons (Fsp3) is 0.400. The van der Waals surface area contributed by atoms with E-state index in [4.69, 9.17) is 0 Å². The first-order valence-electron chi connectivity index (χ1n) is 8.93. The second-order valence-electron chi connectivity index (χ2n) is 6.28. The van der Waals surface area contributed by atoms with Crippen molar-refractivity contribution in [1.29, 1.82) is 0 Å². The standard InChI is InChI=1S/C20H28N4OS/c1-15-7-9-17(10-8-15)16(2)14-24-20(21-3)23-12-5-11-22-19(25)18-6-4-13-26-18/h4,6-10,13,16H,5,11-12,14H2,1-3H3,(H,22,25)(H2,21,23,24). The molecule has 5 nitrogen and oxygen atoms in total. The summed E-state index contributed by atoms with van der Waals surface area (Å²) in [5.74, 6) is 1.18. The van der Waals surface area contributed by atoms with Gasteiger partial charge in [0.1, 0.15) is 0 Å². The lowest BCUT2D eigenvalue weighted by atomic mass is 10.0. The highest BCUT2D eigenvalue weighted by molar-refractivity contribution is 7.12. The highest BCUT2D eigenvalue weighted by atomic mass is 32.1. The number of nitrogens with one attached hydrogen (secondary N) is 3. The quantitative estimate of drug-likeness (QED) is 0.379. The summed E-state index contributed by atoms with van der Waals surface area (Å²) in [6.07, 6.45) is 0.839. The number of carbonyl (C=O) groups is 1. The first-order chi connectivity index (χ1) is 12.6. The average molecular weight is 373 g/mol. The number of aryl methyl sites for hydroxylation is 1. The molecule has 0 aliphatic rings. The van der Waals surface area contributed by atoms with Crippen LogP contribution in [0.4, 0.5) is 0 Å². The molecule has 0 aliphatic heterocycles. The molecule has 2 aromatic rings. The average Bonchev–Trinajstić information content (AvgIpc) is 3.19. The van der Waals surface area contributed by atoms with Gasteiger partial charge in [-0.3, -0.25) is 9.79 Å². The summed E-state index contributed by atoms with van der Waals surface area (Å²) in [6, 6.07) is 12.3. The van der Waals surface area contributed by atoms with E-state index in [1.807, 2.05) is 17.5 Å². The van der Waals surface area contributed by atoms with Gasteiger partial charge in [-0.25, -0.2) is 0 Å². The smallest absolute Gasteiger partial charge is 0.261 e. The molecular weight excluding hydrogens is 344 g/mol. The number of benzene rings is 1. The van der Waals surface area contributed by atoms with Crippen LogP contribution in [0.2, 0.25) is 0 Å². The number of hydrogen-bond acceptors (Lipinski definition) is 3. The molecule has 0 bridgehead atoms. The van der Waals surface area contributed by atoms with Crippen LogP contribution in [0.1, 0.15) is 40.1 Å². The molecule has 0 fully saturated rings. The SMILES string of the molecule is CN=C(NCCCNC(=O)c1cccs1)NCC(C)c1ccc(C)cc1. The minimum Gasteiger partial charge on any atom is -0.356 e. The van der Waals surface area contributed by atoms with E-state index in [1.165, 1.54) is 22.5 Å². The molecule has 0 radical (unpaired) electrons. The Morgan fingerprint density at radius 3 is 2.50 bits per heavy atom. The van der Waals surface area contributed by atoms with Crippen molar-refractivity contribution in [2.45, 2.75) is 26.2 Å². The molecule has 6 heteroatoms. The summed E-state index contributed by atoms with van der Waals surface area (Å²) in [5, 5.41) is 11.5. The molecule has 0 saturated heterocycles. The Bertz CT molecular complexity index is 695. The van der Waals surface area contributed by atoms with Crippen molar-refractivity contribution in [3.05, 3.63) is 57.8 Å². The third-order valence-corrected chi connectivity index (χ3v) is 4.99. The molecule has 1 aromatic carbocycles. The van der Waals surface area contributed by atoms with Crippen LogP contribution in [0.25, 0.3) is 0 Å². The molecule has 26 heavy (non-hydrogen) atoms. The third kappa shape index (κ3) is 6.52. The number of carbonyl (C=O) groups excluding carboxylic acids is 1. The van der Waals surface area contributed by atoms with Crippen LogP contribution in [0, 0.1) is 6.92 Å². The molecule has 1 unspecified atom stereocenters. The Morgan fingerprint density at radius 2 is 1.85 bits per heavy atom. The van der Waals surface area contributed by atoms with Gasteiger partial charge in [-0.15, -0.1) is 11.3 Å². The van der Waals surface area contributed by atoms with Gasteiger partial charge in [0.2, 0.25) is 0 Å². The number of hydrogen-bond donors (Lipinski definition) is 3. The number of nitrogens with zero attached hydrogens (tertiary/aromatic N) is 1. The maximum absolute atomic E-state index is 11.8. The second-order valence-corrected chi connectivity index (χ2v) is 7.23. The summed E-state index contributed by atoms with van der Waals surface area (Å²) in [4.78, 5) is 16.8. The maximum Gasteiger partial charge on any atom is 0.261 e. The molecule has 140 valence electrons. The van der Waals surface area contributed by atoms with E-state index in [0.29, 0.717) is 12.5 Å². The maximum atomic E-state index is 11.8. The summed E-state index contributed by atoms with van der Waals surface area (Å²) in [7, 11) is 1.77. The number of aliphatic imine (C=N–C) groups is 1. The lowest BCUT2D eigenvalue weighted by Crippen LogP contribution is -2.40. The van der Waals surface area contributed by atoms with Crippen LogP contribution in [0.5, 0.6) is 0 Å². The van der Waals surface area contributed by atoms with Gasteiger partial charge in [-0.05, 0) is 36.3 Å². The molecule has 1 aromatic heterocycles. The Balaban J connectivity index is 1.63. The van der Waals surface area contributed by atoms with Crippen LogP contribution in [0.3, 0.4) is 0 Å². The Hall–Kier alpha value is -2.34. The van der Waals surface area contributed by atoms with Gasteiger partial charge in [-0.1, -0.05) is 42.8 Å². The van der Waals surface area contributed by atoms with Crippen molar-refractivity contribution in [1.82, 2.24) is 16.0 Å². The van der Waals surface area contributed by atoms with Gasteiger partial charge >= 0.3 is 0 Å². The third-order valence-electron chi connectivity index (χ3n) is 4.12. The van der Waals surface area contributed by atoms with Gasteiger partial charge < -0.3 is 16.0 Å². The molecule has 2 rings (SSSR count). The Labute approximate surface area is 159 Å². The van der Waals surface area contributed by atoms with Crippen molar-refractivity contribution in [2.24, 2.45) is 4.99 Å². The molecule has 0 aliphatic carbocycles. The van der Waals surface area contributed by atoms with Gasteiger partial charge in [0.05, 0.1) is 4.88 Å². The first-order valence-corrected chi connectivity index (χ1v) is 9.81. The van der Waals surface area contributed by atoms with Crippen molar-refractivity contribution in [3.8, 4) is 0 Å². The van der Waals surface area contributed by atoms with Gasteiger partial charge in [0.15, 0.2) is 5.96 Å². The molecule has 1 atom stereocenters. The van der Waals surface area contributed by atoms with E-state index in [0.717, 1.165) is 30.3 Å². The van der Waals surface area contributed by atoms with Crippen LogP contribution >= 0.6 is 11.3 Å². The number of guanidine groups is 1. The second kappa shape index (κ2) is 10.6. The molecule has 1 amide bonds. The largest absolute Gasteiger partial charge is 0.356 e. The number of thiophene rings is 1. The lowest BCUT2D eigenvalue weighted by Gasteiger charge is -2.16. The van der Waals surface area contributed by atoms with Crippen molar-refractivity contribution in [3.63, 3.8) is 0 Å². The number of amides is 1. The minimum absolute atomic E-state index is 0.00516. The van der Waals surface area contributed by atoms with E-state index in [1.54, 1.807) is 7.05 Å². The Kier molecular flexibility index (Phi) is 8.15. The van der Waals surface area contributed by atoms with E-state index in [-0.39, 0.29) is 5.91 Å². The zero-order chi connectivity index (χ0) is 18.8. The normalized spacial score (nSPS) is 12.5. The first kappa shape index (κ1) is 20.0. The minimum atomic E-state index is -0.00516.